The van der Waals surface area contributed by atoms with Gasteiger partial charge in [0.1, 0.15) is 40.9 Å². The number of rotatable bonds is 4. The number of fused-ring (bicyclic) bond motifs is 4. The third-order valence-electron chi connectivity index (χ3n) is 8.00. The molecule has 1 aliphatic carbocycles. The Balaban J connectivity index is 0.00000329. The molecule has 8 heteroatoms. The van der Waals surface area contributed by atoms with Crippen LogP contribution in [-0.2, 0) is 32.2 Å². The fraction of sp³-hybridized carbons (Fsp3) is 0.200. The molecule has 0 saturated carbocycles. The van der Waals surface area contributed by atoms with Crippen molar-refractivity contribution >= 4 is 16.8 Å². The number of nitrogens with zero attached hydrogens (tertiary/aromatic N) is 2. The van der Waals surface area contributed by atoms with Gasteiger partial charge in [0.05, 0.1) is 0 Å². The van der Waals surface area contributed by atoms with Gasteiger partial charge in [0.15, 0.2) is 0 Å². The fourth-order valence-corrected chi connectivity index (χ4v) is 6.08. The molecule has 43 heavy (non-hydrogen) atoms. The van der Waals surface area contributed by atoms with Crippen LogP contribution in [0, 0.1) is 30.0 Å². The predicted octanol–water partition coefficient (Wildman–Crippen LogP) is 8.25. The third-order valence-corrected chi connectivity index (χ3v) is 8.00. The number of phenolic OH excluding ortho intramolecular Hbond substituents is 1. The average molecular weight is 757 g/mol. The summed E-state index contributed by atoms with van der Waals surface area (Å²) in [6.07, 6.45) is 0.619. The Morgan fingerprint density at radius 2 is 1.74 bits per heavy atom. The number of hydrogen-bond donors (Lipinski definition) is 1. The van der Waals surface area contributed by atoms with Gasteiger partial charge < -0.3 is 14.6 Å². The van der Waals surface area contributed by atoms with E-state index in [0.29, 0.717) is 17.0 Å². The number of aromatic nitrogens is 1. The second-order valence-corrected chi connectivity index (χ2v) is 11.6. The van der Waals surface area contributed by atoms with Crippen molar-refractivity contribution in [2.75, 3.05) is 0 Å². The molecule has 0 saturated heterocycles. The monoisotopic (exact) mass is 756 g/mol. The van der Waals surface area contributed by atoms with Gasteiger partial charge in [-0.05, 0) is 60.4 Å². The van der Waals surface area contributed by atoms with E-state index in [1.54, 1.807) is 24.3 Å². The molecule has 0 fully saturated rings. The molecule has 0 amide bonds. The molecule has 0 radical (unpaired) electrons. The Morgan fingerprint density at radius 1 is 0.977 bits per heavy atom. The number of benzene rings is 4. The molecule has 5 aromatic rings. The van der Waals surface area contributed by atoms with E-state index >= 15 is 0 Å². The zero-order chi connectivity index (χ0) is 29.2. The summed E-state index contributed by atoms with van der Waals surface area (Å²) in [5.74, 6) is -0.697. The van der Waals surface area contributed by atoms with Gasteiger partial charge in [-0.15, -0.1) is 6.07 Å². The minimum Gasteiger partial charge on any atom is -0.514 e. The Hall–Kier alpha value is -4.09. The molecule has 220 valence electrons. The van der Waals surface area contributed by atoms with E-state index in [-0.39, 0.29) is 67.1 Å². The molecule has 5 nitrogen and oxygen atoms in total. The summed E-state index contributed by atoms with van der Waals surface area (Å²) >= 11 is 0. The maximum Gasteiger partial charge on any atom is 0.217 e. The van der Waals surface area contributed by atoms with Gasteiger partial charge in [-0.1, -0.05) is 67.4 Å². The quantitative estimate of drug-likeness (QED) is 0.188. The molecule has 2 aliphatic rings. The number of phenols is 1. The minimum atomic E-state index is -0.708. The van der Waals surface area contributed by atoms with Gasteiger partial charge in [-0.3, -0.25) is 4.99 Å². The van der Waals surface area contributed by atoms with Gasteiger partial charge in [0.2, 0.25) is 5.88 Å². The predicted molar refractivity (Wildman–Crippen MR) is 157 cm³/mol. The SMILES string of the molecule is Cc1cc(O)c2nc(Oc3[c-]c(C4=N[C@H]5c6ccccc6CC(C)(C)[C@H]5O4)cc(-c4c(F)cccc4F)c3)ccc2c1.[Pt]. The van der Waals surface area contributed by atoms with Gasteiger partial charge >= 0.3 is 0 Å². The Bertz CT molecular complexity index is 1900. The number of halogens is 2. The first-order valence-electron chi connectivity index (χ1n) is 13.8. The van der Waals surface area contributed by atoms with Gasteiger partial charge in [0, 0.05) is 49.2 Å². The van der Waals surface area contributed by atoms with Crippen LogP contribution in [0.1, 0.15) is 42.1 Å². The molecule has 2 heterocycles. The zero-order valence-electron chi connectivity index (χ0n) is 23.6. The number of ether oxygens (including phenoxy) is 2. The average Bonchev–Trinajstić information content (AvgIpc) is 3.41. The van der Waals surface area contributed by atoms with Gasteiger partial charge in [0.25, 0.3) is 0 Å². The van der Waals surface area contributed by atoms with Crippen LogP contribution >= 0.6 is 0 Å². The van der Waals surface area contributed by atoms with Crippen LogP contribution in [-0.4, -0.2) is 22.1 Å². The summed E-state index contributed by atoms with van der Waals surface area (Å²) in [4.78, 5) is 9.45. The largest absolute Gasteiger partial charge is 0.514 e. The first-order valence-corrected chi connectivity index (χ1v) is 13.8. The summed E-state index contributed by atoms with van der Waals surface area (Å²) in [7, 11) is 0. The van der Waals surface area contributed by atoms with E-state index in [0.717, 1.165) is 22.9 Å². The van der Waals surface area contributed by atoms with Crippen LogP contribution < -0.4 is 4.74 Å². The van der Waals surface area contributed by atoms with E-state index < -0.39 is 11.6 Å². The standard InChI is InChI=1S/C35H27F2N2O3.Pt/c1-19-13-20-11-12-29(38-31(20)28(40)14-19)41-24-16-22(30-26(36)9-6-10-27(30)37)15-23(17-24)34-39-32-25-8-5-4-7-21(25)18-35(2,3)33(32)42-34;/h4-16,32-33,40H,18H2,1-3H3;/q-1;/t32-,33-;/m0./s1. The van der Waals surface area contributed by atoms with Crippen molar-refractivity contribution in [3.63, 3.8) is 0 Å². The molecule has 4 aromatic carbocycles. The molecule has 0 bridgehead atoms. The molecule has 7 rings (SSSR count). The molecule has 1 aromatic heterocycles. The van der Waals surface area contributed by atoms with Crippen LogP contribution in [0.5, 0.6) is 17.4 Å². The molecule has 1 aliphatic heterocycles. The number of aliphatic imine (C=N–C) groups is 1. The van der Waals surface area contributed by atoms with Crippen molar-refractivity contribution in [2.24, 2.45) is 10.4 Å². The maximum absolute atomic E-state index is 15.0. The summed E-state index contributed by atoms with van der Waals surface area (Å²) in [5, 5.41) is 11.2. The first-order chi connectivity index (χ1) is 20.2. The van der Waals surface area contributed by atoms with Crippen molar-refractivity contribution in [1.82, 2.24) is 4.98 Å². The molecular weight excluding hydrogens is 729 g/mol. The van der Waals surface area contributed by atoms with Crippen molar-refractivity contribution in [2.45, 2.75) is 39.3 Å². The van der Waals surface area contributed by atoms with Crippen LogP contribution in [0.3, 0.4) is 0 Å². The fourth-order valence-electron chi connectivity index (χ4n) is 6.08. The number of aryl methyl sites for hydroxylation is 1. The van der Waals surface area contributed by atoms with Crippen molar-refractivity contribution < 1.29 is 44.4 Å². The molecule has 0 spiro atoms. The Kier molecular flexibility index (Phi) is 7.33. The van der Waals surface area contributed by atoms with E-state index in [4.69, 9.17) is 14.5 Å². The van der Waals surface area contributed by atoms with E-state index in [2.05, 4.69) is 37.0 Å². The summed E-state index contributed by atoms with van der Waals surface area (Å²) in [6, 6.07) is 25.1. The normalized spacial score (nSPS) is 18.2. The Morgan fingerprint density at radius 3 is 2.53 bits per heavy atom. The third kappa shape index (κ3) is 5.20. The van der Waals surface area contributed by atoms with E-state index in [9.17, 15) is 13.9 Å². The van der Waals surface area contributed by atoms with Crippen LogP contribution in [0.15, 0.2) is 83.9 Å². The summed E-state index contributed by atoms with van der Waals surface area (Å²) in [5.41, 5.74) is 3.88. The van der Waals surface area contributed by atoms with Crippen LogP contribution in [0.2, 0.25) is 0 Å². The van der Waals surface area contributed by atoms with E-state index in [1.807, 2.05) is 25.1 Å². The first kappa shape index (κ1) is 29.0. The number of pyridine rings is 1. The molecule has 1 N–H and O–H groups in total. The zero-order valence-corrected chi connectivity index (χ0v) is 25.9. The van der Waals surface area contributed by atoms with Gasteiger partial charge in [-0.25, -0.2) is 13.8 Å². The maximum atomic E-state index is 15.0. The topological polar surface area (TPSA) is 63.9 Å². The van der Waals surface area contributed by atoms with Crippen LogP contribution in [0.25, 0.3) is 22.0 Å². The van der Waals surface area contributed by atoms with Crippen molar-refractivity contribution in [3.8, 4) is 28.5 Å². The van der Waals surface area contributed by atoms with E-state index in [1.165, 1.54) is 29.8 Å². The minimum absolute atomic E-state index is 0. The van der Waals surface area contributed by atoms with Crippen molar-refractivity contribution in [3.05, 3.63) is 119 Å². The Labute approximate surface area is 262 Å². The second-order valence-electron chi connectivity index (χ2n) is 11.6. The van der Waals surface area contributed by atoms with Crippen molar-refractivity contribution in [1.29, 1.82) is 0 Å². The molecule has 0 unspecified atom stereocenters. The second kappa shape index (κ2) is 10.9. The molecular formula is C35H27F2N2O3Pt-. The van der Waals surface area contributed by atoms with Crippen LogP contribution in [0.4, 0.5) is 8.78 Å². The summed E-state index contributed by atoms with van der Waals surface area (Å²) in [6.45, 7) is 6.20. The molecule has 2 atom stereocenters. The number of hydrogen-bond acceptors (Lipinski definition) is 5. The summed E-state index contributed by atoms with van der Waals surface area (Å²) < 4.78 is 42.5. The van der Waals surface area contributed by atoms with Gasteiger partial charge in [-0.2, -0.15) is 0 Å². The number of aromatic hydroxyl groups is 1. The smallest absolute Gasteiger partial charge is 0.217 e.